The third-order valence-electron chi connectivity index (χ3n) is 2.44. The fourth-order valence-electron chi connectivity index (χ4n) is 1.72. The van der Waals surface area contributed by atoms with E-state index < -0.39 is 0 Å². The Balaban J connectivity index is 2.54. The van der Waals surface area contributed by atoms with Gasteiger partial charge in [-0.05, 0) is 25.3 Å². The fourth-order valence-corrected chi connectivity index (χ4v) is 1.72. The van der Waals surface area contributed by atoms with Crippen LogP contribution in [0.4, 0.5) is 5.69 Å². The number of fused-ring (bicyclic) bond motifs is 1. The molecule has 1 aliphatic carbocycles. The van der Waals surface area contributed by atoms with Gasteiger partial charge in [0.05, 0.1) is 0 Å². The van der Waals surface area contributed by atoms with Gasteiger partial charge in [0.25, 0.3) is 0 Å². The molecule has 13 heavy (non-hydrogen) atoms. The van der Waals surface area contributed by atoms with Crippen LogP contribution in [0.5, 0.6) is 0 Å². The first-order valence-corrected chi connectivity index (χ1v) is 4.55. The molecule has 1 aliphatic rings. The number of carbonyl (C=O) groups is 1. The van der Waals surface area contributed by atoms with E-state index in [9.17, 15) is 4.79 Å². The molecule has 1 aromatic heterocycles. The Morgan fingerprint density at radius 3 is 2.92 bits per heavy atom. The third-order valence-corrected chi connectivity index (χ3v) is 2.44. The van der Waals surface area contributed by atoms with Gasteiger partial charge in [-0.2, -0.15) is 0 Å². The highest BCUT2D eigenvalue weighted by molar-refractivity contribution is 5.97. The van der Waals surface area contributed by atoms with Gasteiger partial charge >= 0.3 is 0 Å². The van der Waals surface area contributed by atoms with Crippen LogP contribution in [-0.4, -0.2) is 10.8 Å². The quantitative estimate of drug-likeness (QED) is 0.610. The van der Waals surface area contributed by atoms with Gasteiger partial charge in [-0.25, -0.2) is 0 Å². The van der Waals surface area contributed by atoms with E-state index in [0.29, 0.717) is 17.8 Å². The normalized spacial score (nSPS) is 16.5. The van der Waals surface area contributed by atoms with Crippen LogP contribution in [0, 0.1) is 0 Å². The summed E-state index contributed by atoms with van der Waals surface area (Å²) in [4.78, 5) is 15.6. The number of anilines is 1. The summed E-state index contributed by atoms with van der Waals surface area (Å²) in [5.74, 6) is 0.139. The average Bonchev–Trinajstić information content (AvgIpc) is 2.30. The van der Waals surface area contributed by atoms with Crippen molar-refractivity contribution in [1.82, 2.24) is 4.98 Å². The van der Waals surface area contributed by atoms with Crippen LogP contribution in [0.2, 0.25) is 0 Å². The van der Waals surface area contributed by atoms with E-state index in [1.807, 2.05) is 0 Å². The number of carbonyl (C=O) groups excluding carboxylic acids is 1. The molecule has 0 bridgehead atoms. The maximum Gasteiger partial charge on any atom is 0.181 e. The lowest BCUT2D eigenvalue weighted by Gasteiger charge is -2.05. The molecule has 1 aromatic rings. The highest BCUT2D eigenvalue weighted by Crippen LogP contribution is 2.23. The monoisotopic (exact) mass is 176 g/mol. The fraction of sp³-hybridized carbons (Fsp3) is 0.400. The molecule has 0 aromatic carbocycles. The van der Waals surface area contributed by atoms with E-state index in [1.165, 1.54) is 0 Å². The first-order chi connectivity index (χ1) is 6.29. The zero-order chi connectivity index (χ0) is 9.26. The minimum Gasteiger partial charge on any atom is -0.398 e. The molecule has 0 spiro atoms. The Hall–Kier alpha value is -1.38. The van der Waals surface area contributed by atoms with E-state index in [-0.39, 0.29) is 5.78 Å². The number of rotatable bonds is 0. The standard InChI is InChI=1S/C10H12N2O/c11-8-5-6-12-10-7(8)3-1-2-4-9(10)13/h5-6H,1-4H2,(H2,11,12). The molecule has 1 heterocycles. The van der Waals surface area contributed by atoms with Crippen LogP contribution >= 0.6 is 0 Å². The number of nitrogen functional groups attached to an aromatic ring is 1. The number of hydrogen-bond donors (Lipinski definition) is 1. The molecule has 0 radical (unpaired) electrons. The van der Waals surface area contributed by atoms with Crippen molar-refractivity contribution in [2.24, 2.45) is 0 Å². The largest absolute Gasteiger partial charge is 0.398 e. The second kappa shape index (κ2) is 3.17. The van der Waals surface area contributed by atoms with Crippen molar-refractivity contribution in [3.05, 3.63) is 23.5 Å². The summed E-state index contributed by atoms with van der Waals surface area (Å²) in [5, 5.41) is 0. The number of aromatic nitrogens is 1. The highest BCUT2D eigenvalue weighted by Gasteiger charge is 2.17. The summed E-state index contributed by atoms with van der Waals surface area (Å²) < 4.78 is 0. The second-order valence-corrected chi connectivity index (χ2v) is 3.36. The number of nitrogens with zero attached hydrogens (tertiary/aromatic N) is 1. The number of nitrogens with two attached hydrogens (primary N) is 1. The first-order valence-electron chi connectivity index (χ1n) is 4.55. The lowest BCUT2D eigenvalue weighted by Crippen LogP contribution is -2.06. The lowest BCUT2D eigenvalue weighted by atomic mass is 10.1. The smallest absolute Gasteiger partial charge is 0.181 e. The SMILES string of the molecule is Nc1ccnc2c1CCCCC2=O. The number of Topliss-reactive ketones (excluding diaryl/α,β-unsaturated/α-hetero) is 1. The Morgan fingerprint density at radius 1 is 1.31 bits per heavy atom. The summed E-state index contributed by atoms with van der Waals surface area (Å²) in [7, 11) is 0. The van der Waals surface area contributed by atoms with Crippen LogP contribution < -0.4 is 5.73 Å². The van der Waals surface area contributed by atoms with Crippen molar-refractivity contribution < 1.29 is 4.79 Å². The van der Waals surface area contributed by atoms with Crippen molar-refractivity contribution in [2.45, 2.75) is 25.7 Å². The van der Waals surface area contributed by atoms with Gasteiger partial charge in [0.1, 0.15) is 5.69 Å². The van der Waals surface area contributed by atoms with Gasteiger partial charge in [-0.15, -0.1) is 0 Å². The lowest BCUT2D eigenvalue weighted by molar-refractivity contribution is 0.0977. The predicted molar refractivity (Wildman–Crippen MR) is 50.5 cm³/mol. The minimum absolute atomic E-state index is 0.139. The number of ketones is 1. The van der Waals surface area contributed by atoms with Crippen LogP contribution in [0.3, 0.4) is 0 Å². The van der Waals surface area contributed by atoms with E-state index in [0.717, 1.165) is 24.8 Å². The molecule has 0 unspecified atom stereocenters. The Kier molecular flexibility index (Phi) is 2.00. The van der Waals surface area contributed by atoms with Crippen molar-refractivity contribution >= 4 is 11.5 Å². The van der Waals surface area contributed by atoms with Gasteiger partial charge in [0.2, 0.25) is 0 Å². The minimum atomic E-state index is 0.139. The molecule has 2 rings (SSSR count). The van der Waals surface area contributed by atoms with E-state index in [4.69, 9.17) is 5.73 Å². The predicted octanol–water partition coefficient (Wildman–Crippen LogP) is 1.57. The maximum atomic E-state index is 11.5. The van der Waals surface area contributed by atoms with E-state index in [2.05, 4.69) is 4.98 Å². The van der Waals surface area contributed by atoms with Crippen molar-refractivity contribution in [1.29, 1.82) is 0 Å². The zero-order valence-corrected chi connectivity index (χ0v) is 7.42. The molecule has 2 N–H and O–H groups in total. The van der Waals surface area contributed by atoms with Gasteiger partial charge in [0.15, 0.2) is 5.78 Å². The second-order valence-electron chi connectivity index (χ2n) is 3.36. The van der Waals surface area contributed by atoms with Crippen LogP contribution in [0.15, 0.2) is 12.3 Å². The average molecular weight is 176 g/mol. The van der Waals surface area contributed by atoms with Crippen LogP contribution in [0.1, 0.15) is 35.3 Å². The Labute approximate surface area is 77.0 Å². The summed E-state index contributed by atoms with van der Waals surface area (Å²) in [6.45, 7) is 0. The topological polar surface area (TPSA) is 56.0 Å². The highest BCUT2D eigenvalue weighted by atomic mass is 16.1. The molecular weight excluding hydrogens is 164 g/mol. The van der Waals surface area contributed by atoms with E-state index in [1.54, 1.807) is 12.3 Å². The molecule has 3 heteroatoms. The van der Waals surface area contributed by atoms with Gasteiger partial charge in [0, 0.05) is 23.9 Å². The molecule has 0 atom stereocenters. The zero-order valence-electron chi connectivity index (χ0n) is 7.42. The molecule has 0 aliphatic heterocycles. The molecule has 0 saturated heterocycles. The van der Waals surface area contributed by atoms with E-state index >= 15 is 0 Å². The molecule has 0 amide bonds. The summed E-state index contributed by atoms with van der Waals surface area (Å²) in [6.07, 6.45) is 5.10. The van der Waals surface area contributed by atoms with Crippen LogP contribution in [-0.2, 0) is 6.42 Å². The molecule has 3 nitrogen and oxygen atoms in total. The number of hydrogen-bond acceptors (Lipinski definition) is 3. The maximum absolute atomic E-state index is 11.5. The van der Waals surface area contributed by atoms with Gasteiger partial charge in [-0.3, -0.25) is 9.78 Å². The third kappa shape index (κ3) is 1.41. The Bertz CT molecular complexity index is 347. The van der Waals surface area contributed by atoms with Crippen molar-refractivity contribution in [3.63, 3.8) is 0 Å². The molecule has 0 fully saturated rings. The summed E-state index contributed by atoms with van der Waals surface area (Å²) in [5.41, 5.74) is 8.03. The first kappa shape index (κ1) is 8.23. The van der Waals surface area contributed by atoms with Crippen molar-refractivity contribution in [2.75, 3.05) is 5.73 Å². The van der Waals surface area contributed by atoms with Gasteiger partial charge < -0.3 is 5.73 Å². The molecular formula is C10H12N2O. The Morgan fingerprint density at radius 2 is 2.08 bits per heavy atom. The van der Waals surface area contributed by atoms with Crippen molar-refractivity contribution in [3.8, 4) is 0 Å². The summed E-state index contributed by atoms with van der Waals surface area (Å²) in [6, 6.07) is 1.76. The van der Waals surface area contributed by atoms with Crippen LogP contribution in [0.25, 0.3) is 0 Å². The summed E-state index contributed by atoms with van der Waals surface area (Å²) >= 11 is 0. The molecule has 0 saturated carbocycles. The number of pyridine rings is 1. The molecule has 68 valence electrons. The van der Waals surface area contributed by atoms with Gasteiger partial charge in [-0.1, -0.05) is 0 Å².